The lowest BCUT2D eigenvalue weighted by Gasteiger charge is -2.25. The Bertz CT molecular complexity index is 254. The smallest absolute Gasteiger partial charge is 0.308 e. The third-order valence-corrected chi connectivity index (χ3v) is 3.37. The first-order chi connectivity index (χ1) is 8.15. The third kappa shape index (κ3) is 4.86. The van der Waals surface area contributed by atoms with Crippen LogP contribution in [0.3, 0.4) is 0 Å². The Morgan fingerprint density at radius 3 is 2.18 bits per heavy atom. The Morgan fingerprint density at radius 2 is 1.65 bits per heavy atom. The Kier molecular flexibility index (Phi) is 6.19. The van der Waals surface area contributed by atoms with E-state index in [0.29, 0.717) is 13.2 Å². The van der Waals surface area contributed by atoms with Crippen molar-refractivity contribution in [1.82, 2.24) is 0 Å². The highest BCUT2D eigenvalue weighted by atomic mass is 16.5. The van der Waals surface area contributed by atoms with E-state index in [9.17, 15) is 9.59 Å². The van der Waals surface area contributed by atoms with Crippen molar-refractivity contribution in [2.24, 2.45) is 11.8 Å². The molecule has 0 heterocycles. The van der Waals surface area contributed by atoms with Crippen molar-refractivity contribution in [3.8, 4) is 0 Å². The summed E-state index contributed by atoms with van der Waals surface area (Å²) in [4.78, 5) is 22.9. The summed E-state index contributed by atoms with van der Waals surface area (Å²) in [5.74, 6) is 0.292. The van der Waals surface area contributed by atoms with Crippen LogP contribution in [-0.4, -0.2) is 32.1 Å². The zero-order chi connectivity index (χ0) is 12.7. The fraction of sp³-hybridized carbons (Fsp3) is 0.846. The number of ether oxygens (including phenoxy) is 2. The second-order valence-electron chi connectivity index (χ2n) is 4.67. The van der Waals surface area contributed by atoms with Gasteiger partial charge in [-0.15, -0.1) is 0 Å². The average Bonchev–Trinajstić information content (AvgIpc) is 2.34. The molecule has 0 atom stereocenters. The van der Waals surface area contributed by atoms with Crippen LogP contribution >= 0.6 is 0 Å². The van der Waals surface area contributed by atoms with Gasteiger partial charge in [-0.2, -0.15) is 0 Å². The summed E-state index contributed by atoms with van der Waals surface area (Å²) in [5, 5.41) is 0. The molecular formula is C13H22O4. The molecule has 0 aromatic heterocycles. The molecule has 98 valence electrons. The van der Waals surface area contributed by atoms with Gasteiger partial charge < -0.3 is 9.47 Å². The number of ketones is 1. The minimum absolute atomic E-state index is 0.00635. The van der Waals surface area contributed by atoms with E-state index in [2.05, 4.69) is 0 Å². The predicted octanol–water partition coefficient (Wildman–Crippen LogP) is 1.96. The number of methoxy groups -OCH3 is 1. The molecule has 1 aliphatic carbocycles. The molecule has 0 N–H and O–H groups in total. The lowest BCUT2D eigenvalue weighted by atomic mass is 9.80. The van der Waals surface area contributed by atoms with E-state index in [1.807, 2.05) is 0 Å². The fourth-order valence-electron chi connectivity index (χ4n) is 2.23. The van der Waals surface area contributed by atoms with Gasteiger partial charge >= 0.3 is 5.97 Å². The van der Waals surface area contributed by atoms with Gasteiger partial charge in [-0.1, -0.05) is 0 Å². The lowest BCUT2D eigenvalue weighted by molar-refractivity contribution is -0.150. The van der Waals surface area contributed by atoms with E-state index in [4.69, 9.17) is 9.47 Å². The zero-order valence-corrected chi connectivity index (χ0v) is 10.7. The van der Waals surface area contributed by atoms with Crippen LogP contribution in [0, 0.1) is 11.8 Å². The van der Waals surface area contributed by atoms with E-state index in [0.717, 1.165) is 32.1 Å². The minimum Gasteiger partial charge on any atom is -0.465 e. The second-order valence-corrected chi connectivity index (χ2v) is 4.67. The molecule has 0 aromatic rings. The number of carbonyl (C=O) groups is 2. The molecule has 1 fully saturated rings. The molecule has 0 saturated heterocycles. The van der Waals surface area contributed by atoms with Crippen LogP contribution in [0.2, 0.25) is 0 Å². The molecule has 0 amide bonds. The van der Waals surface area contributed by atoms with Crippen molar-refractivity contribution in [3.63, 3.8) is 0 Å². The van der Waals surface area contributed by atoms with E-state index >= 15 is 0 Å². The van der Waals surface area contributed by atoms with E-state index in [-0.39, 0.29) is 23.6 Å². The lowest BCUT2D eigenvalue weighted by Crippen LogP contribution is -2.26. The molecule has 4 nitrogen and oxygen atoms in total. The van der Waals surface area contributed by atoms with Gasteiger partial charge in [0, 0.05) is 26.1 Å². The average molecular weight is 242 g/mol. The summed E-state index contributed by atoms with van der Waals surface area (Å²) < 4.78 is 10.1. The molecular weight excluding hydrogens is 220 g/mol. The van der Waals surface area contributed by atoms with Crippen molar-refractivity contribution in [2.75, 3.05) is 20.3 Å². The number of esters is 1. The number of hydrogen-bond donors (Lipinski definition) is 0. The third-order valence-electron chi connectivity index (χ3n) is 3.37. The van der Waals surface area contributed by atoms with Gasteiger partial charge in [0.1, 0.15) is 5.78 Å². The van der Waals surface area contributed by atoms with Crippen molar-refractivity contribution in [3.05, 3.63) is 0 Å². The van der Waals surface area contributed by atoms with Crippen LogP contribution in [0.1, 0.15) is 39.0 Å². The van der Waals surface area contributed by atoms with Crippen LogP contribution in [-0.2, 0) is 19.1 Å². The van der Waals surface area contributed by atoms with Crippen molar-refractivity contribution >= 4 is 11.8 Å². The van der Waals surface area contributed by atoms with Crippen molar-refractivity contribution < 1.29 is 19.1 Å². The van der Waals surface area contributed by atoms with Crippen LogP contribution < -0.4 is 0 Å². The molecule has 0 bridgehead atoms. The standard InChI is InChI=1S/C13H22O4/c1-10(14)11-4-6-12(7-5-11)13(15)17-9-3-8-16-2/h11-12H,3-9H2,1-2H3. The largest absolute Gasteiger partial charge is 0.465 e. The molecule has 1 rings (SSSR count). The molecule has 0 spiro atoms. The first-order valence-corrected chi connectivity index (χ1v) is 6.31. The van der Waals surface area contributed by atoms with Gasteiger partial charge in [-0.3, -0.25) is 9.59 Å². The highest BCUT2D eigenvalue weighted by Crippen LogP contribution is 2.30. The van der Waals surface area contributed by atoms with Crippen LogP contribution in [0.15, 0.2) is 0 Å². The number of carbonyl (C=O) groups excluding carboxylic acids is 2. The van der Waals surface area contributed by atoms with E-state index < -0.39 is 0 Å². The van der Waals surface area contributed by atoms with Crippen molar-refractivity contribution in [1.29, 1.82) is 0 Å². The topological polar surface area (TPSA) is 52.6 Å². The second kappa shape index (κ2) is 7.43. The van der Waals surface area contributed by atoms with Crippen LogP contribution in [0.25, 0.3) is 0 Å². The first kappa shape index (κ1) is 14.2. The summed E-state index contributed by atoms with van der Waals surface area (Å²) in [6.45, 7) is 2.68. The molecule has 1 aliphatic rings. The maximum absolute atomic E-state index is 11.7. The monoisotopic (exact) mass is 242 g/mol. The van der Waals surface area contributed by atoms with Crippen LogP contribution in [0.4, 0.5) is 0 Å². The van der Waals surface area contributed by atoms with Gasteiger partial charge in [0.15, 0.2) is 0 Å². The summed E-state index contributed by atoms with van der Waals surface area (Å²) in [7, 11) is 1.63. The number of Topliss-reactive ketones (excluding diaryl/α,β-unsaturated/α-hetero) is 1. The Labute approximate surface area is 103 Å². The quantitative estimate of drug-likeness (QED) is 0.528. The van der Waals surface area contributed by atoms with E-state index in [1.54, 1.807) is 14.0 Å². The Morgan fingerprint density at radius 1 is 1.06 bits per heavy atom. The molecule has 1 saturated carbocycles. The van der Waals surface area contributed by atoms with Crippen molar-refractivity contribution in [2.45, 2.75) is 39.0 Å². The molecule has 0 aromatic carbocycles. The number of hydrogen-bond acceptors (Lipinski definition) is 4. The summed E-state index contributed by atoms with van der Waals surface area (Å²) in [6, 6.07) is 0. The normalized spacial score (nSPS) is 24.4. The predicted molar refractivity (Wildman–Crippen MR) is 63.6 cm³/mol. The van der Waals surface area contributed by atoms with Gasteiger partial charge in [0.05, 0.1) is 12.5 Å². The first-order valence-electron chi connectivity index (χ1n) is 6.31. The van der Waals surface area contributed by atoms with Gasteiger partial charge in [0.25, 0.3) is 0 Å². The molecule has 0 aliphatic heterocycles. The fourth-order valence-corrected chi connectivity index (χ4v) is 2.23. The minimum atomic E-state index is -0.108. The zero-order valence-electron chi connectivity index (χ0n) is 10.7. The molecule has 4 heteroatoms. The highest BCUT2D eigenvalue weighted by molar-refractivity contribution is 5.79. The Balaban J connectivity index is 2.19. The summed E-state index contributed by atoms with van der Waals surface area (Å²) in [6.07, 6.45) is 3.96. The van der Waals surface area contributed by atoms with E-state index in [1.165, 1.54) is 0 Å². The SMILES string of the molecule is COCCCOC(=O)C1CCC(C(C)=O)CC1. The molecule has 17 heavy (non-hydrogen) atoms. The van der Waals surface area contributed by atoms with Gasteiger partial charge in [0.2, 0.25) is 0 Å². The summed E-state index contributed by atoms with van der Waals surface area (Å²) in [5.41, 5.74) is 0. The van der Waals surface area contributed by atoms with Gasteiger partial charge in [-0.25, -0.2) is 0 Å². The molecule has 0 radical (unpaired) electrons. The maximum atomic E-state index is 11.7. The van der Waals surface area contributed by atoms with Gasteiger partial charge in [-0.05, 0) is 32.6 Å². The maximum Gasteiger partial charge on any atom is 0.308 e. The number of rotatable bonds is 6. The molecule has 0 unspecified atom stereocenters. The van der Waals surface area contributed by atoms with Crippen LogP contribution in [0.5, 0.6) is 0 Å². The highest BCUT2D eigenvalue weighted by Gasteiger charge is 2.28. The summed E-state index contributed by atoms with van der Waals surface area (Å²) >= 11 is 0. The Hall–Kier alpha value is -0.900.